The van der Waals surface area contributed by atoms with Crippen LogP contribution in [0.5, 0.6) is 0 Å². The predicted molar refractivity (Wildman–Crippen MR) is 137 cm³/mol. The van der Waals surface area contributed by atoms with E-state index >= 15 is 0 Å². The topological polar surface area (TPSA) is 25.8 Å². The van der Waals surface area contributed by atoms with Crippen molar-refractivity contribution in [2.45, 2.75) is 39.9 Å². The molecule has 1 aromatic heterocycles. The maximum Gasteiger partial charge on any atom is 0.129 e. The van der Waals surface area contributed by atoms with Gasteiger partial charge in [-0.3, -0.25) is 0 Å². The number of benzene rings is 4. The summed E-state index contributed by atoms with van der Waals surface area (Å²) in [4.78, 5) is 10.0. The molecule has 0 atom stereocenters. The van der Waals surface area contributed by atoms with Gasteiger partial charge in [0.25, 0.3) is 0 Å². The summed E-state index contributed by atoms with van der Waals surface area (Å²) in [6, 6.07) is 24.4. The van der Waals surface area contributed by atoms with Crippen molar-refractivity contribution in [3.63, 3.8) is 0 Å². The zero-order valence-electron chi connectivity index (χ0n) is 19.0. The number of hydrogen-bond acceptors (Lipinski definition) is 2. The van der Waals surface area contributed by atoms with Gasteiger partial charge in [-0.1, -0.05) is 92.4 Å². The third kappa shape index (κ3) is 3.33. The SMILES string of the molecule is CCc1nc(-c2ccc([Si](C)(C)C)cc2)c2ccc3c4ccccc4cc(C)c3c2n1. The van der Waals surface area contributed by atoms with Crippen LogP contribution in [-0.4, -0.2) is 18.0 Å². The lowest BCUT2D eigenvalue weighted by atomic mass is 9.94. The second-order valence-electron chi connectivity index (χ2n) is 9.47. The first-order valence-corrected chi connectivity index (χ1v) is 14.6. The lowest BCUT2D eigenvalue weighted by molar-refractivity contribution is 0.965. The van der Waals surface area contributed by atoms with Crippen LogP contribution in [0.4, 0.5) is 0 Å². The molecule has 0 aliphatic heterocycles. The molecule has 0 spiro atoms. The van der Waals surface area contributed by atoms with Gasteiger partial charge in [-0.2, -0.15) is 0 Å². The van der Waals surface area contributed by atoms with E-state index in [1.54, 1.807) is 0 Å². The first kappa shape index (κ1) is 19.9. The van der Waals surface area contributed by atoms with Gasteiger partial charge in [0, 0.05) is 22.8 Å². The molecule has 5 rings (SSSR count). The number of fused-ring (bicyclic) bond motifs is 5. The second kappa shape index (κ2) is 7.28. The van der Waals surface area contributed by atoms with Crippen molar-refractivity contribution in [3.05, 3.63) is 78.1 Å². The molecule has 0 saturated carbocycles. The molecule has 0 bridgehead atoms. The van der Waals surface area contributed by atoms with E-state index in [0.29, 0.717) is 0 Å². The van der Waals surface area contributed by atoms with Crippen molar-refractivity contribution in [1.29, 1.82) is 0 Å². The molecule has 0 aliphatic carbocycles. The highest BCUT2D eigenvalue weighted by molar-refractivity contribution is 6.88. The molecule has 0 aliphatic rings. The van der Waals surface area contributed by atoms with Gasteiger partial charge in [-0.25, -0.2) is 9.97 Å². The Bertz CT molecular complexity index is 1440. The first-order chi connectivity index (χ1) is 14.9. The minimum atomic E-state index is -1.33. The Kier molecular flexibility index (Phi) is 4.67. The van der Waals surface area contributed by atoms with Gasteiger partial charge < -0.3 is 0 Å². The fourth-order valence-corrected chi connectivity index (χ4v) is 5.71. The van der Waals surface area contributed by atoms with E-state index in [1.165, 1.54) is 37.9 Å². The summed E-state index contributed by atoms with van der Waals surface area (Å²) in [7, 11) is -1.33. The van der Waals surface area contributed by atoms with Crippen molar-refractivity contribution in [3.8, 4) is 11.3 Å². The molecule has 0 saturated heterocycles. The maximum atomic E-state index is 5.03. The number of aryl methyl sites for hydroxylation is 2. The van der Waals surface area contributed by atoms with Crippen LogP contribution < -0.4 is 5.19 Å². The van der Waals surface area contributed by atoms with Crippen LogP contribution >= 0.6 is 0 Å². The van der Waals surface area contributed by atoms with Crippen LogP contribution in [0.3, 0.4) is 0 Å². The van der Waals surface area contributed by atoms with E-state index in [9.17, 15) is 0 Å². The van der Waals surface area contributed by atoms with Crippen molar-refractivity contribution in [1.82, 2.24) is 9.97 Å². The van der Waals surface area contributed by atoms with E-state index < -0.39 is 8.07 Å². The van der Waals surface area contributed by atoms with Gasteiger partial charge in [-0.15, -0.1) is 0 Å². The number of rotatable bonds is 3. The van der Waals surface area contributed by atoms with E-state index in [-0.39, 0.29) is 0 Å². The molecule has 0 unspecified atom stereocenters. The Hall–Kier alpha value is -3.04. The molecule has 0 radical (unpaired) electrons. The van der Waals surface area contributed by atoms with Crippen molar-refractivity contribution in [2.75, 3.05) is 0 Å². The van der Waals surface area contributed by atoms with Gasteiger partial charge in [0.2, 0.25) is 0 Å². The Labute approximate surface area is 185 Å². The summed E-state index contributed by atoms with van der Waals surface area (Å²) in [5, 5.41) is 7.67. The summed E-state index contributed by atoms with van der Waals surface area (Å²) in [5.41, 5.74) is 4.54. The smallest absolute Gasteiger partial charge is 0.129 e. The third-order valence-electron chi connectivity index (χ3n) is 6.27. The second-order valence-corrected chi connectivity index (χ2v) is 14.5. The van der Waals surface area contributed by atoms with Crippen LogP contribution in [-0.2, 0) is 6.42 Å². The lowest BCUT2D eigenvalue weighted by Crippen LogP contribution is -2.37. The third-order valence-corrected chi connectivity index (χ3v) is 8.34. The molecule has 31 heavy (non-hydrogen) atoms. The molecule has 3 heteroatoms. The summed E-state index contributed by atoms with van der Waals surface area (Å²) >= 11 is 0. The Balaban J connectivity index is 1.84. The monoisotopic (exact) mass is 420 g/mol. The largest absolute Gasteiger partial charge is 0.232 e. The molecule has 0 N–H and O–H groups in total. The molecule has 5 aromatic rings. The summed E-state index contributed by atoms with van der Waals surface area (Å²) in [6.07, 6.45) is 0.818. The number of nitrogens with zero attached hydrogens (tertiary/aromatic N) is 2. The normalized spacial score (nSPS) is 12.2. The highest BCUT2D eigenvalue weighted by Crippen LogP contribution is 2.36. The van der Waals surface area contributed by atoms with Gasteiger partial charge >= 0.3 is 0 Å². The van der Waals surface area contributed by atoms with Gasteiger partial charge in [0.05, 0.1) is 19.3 Å². The average Bonchev–Trinajstić information content (AvgIpc) is 2.77. The maximum absolute atomic E-state index is 5.03. The molecule has 0 fully saturated rings. The highest BCUT2D eigenvalue weighted by Gasteiger charge is 2.18. The minimum absolute atomic E-state index is 0.818. The van der Waals surface area contributed by atoms with Crippen LogP contribution in [0, 0.1) is 6.92 Å². The lowest BCUT2D eigenvalue weighted by Gasteiger charge is -2.17. The molecular weight excluding hydrogens is 392 g/mol. The standard InChI is InChI=1S/C28H28N2Si/c1-6-25-29-27(19-11-13-21(14-12-19)31(3,4)5)24-16-15-23-22-10-8-7-9-20(22)17-18(2)26(23)28(24)30-25/h7-17H,6H2,1-5H3. The minimum Gasteiger partial charge on any atom is -0.232 e. The fraction of sp³-hybridized carbons (Fsp3) is 0.214. The average molecular weight is 421 g/mol. The van der Waals surface area contributed by atoms with Gasteiger partial charge in [0.1, 0.15) is 5.82 Å². The van der Waals surface area contributed by atoms with E-state index in [1.807, 2.05) is 0 Å². The van der Waals surface area contributed by atoms with Crippen LogP contribution in [0.15, 0.2) is 66.7 Å². The van der Waals surface area contributed by atoms with Crippen molar-refractivity contribution >= 4 is 45.7 Å². The Morgan fingerprint density at radius 3 is 2.19 bits per heavy atom. The van der Waals surface area contributed by atoms with Crippen molar-refractivity contribution < 1.29 is 0 Å². The van der Waals surface area contributed by atoms with E-state index in [2.05, 4.69) is 100 Å². The summed E-state index contributed by atoms with van der Waals surface area (Å²) < 4.78 is 0. The molecule has 2 nitrogen and oxygen atoms in total. The molecular formula is C28H28N2Si. The summed E-state index contributed by atoms with van der Waals surface area (Å²) in [6.45, 7) is 11.5. The molecule has 4 aromatic carbocycles. The predicted octanol–water partition coefficient (Wildman–Crippen LogP) is 7.02. The van der Waals surface area contributed by atoms with Crippen LogP contribution in [0.2, 0.25) is 19.6 Å². The fourth-order valence-electron chi connectivity index (χ4n) is 4.55. The zero-order valence-corrected chi connectivity index (χ0v) is 20.0. The van der Waals surface area contributed by atoms with Gasteiger partial charge in [-0.05, 0) is 34.7 Å². The molecule has 154 valence electrons. The molecule has 0 amide bonds. The quantitative estimate of drug-likeness (QED) is 0.231. The Morgan fingerprint density at radius 2 is 1.48 bits per heavy atom. The van der Waals surface area contributed by atoms with Gasteiger partial charge in [0.15, 0.2) is 0 Å². The number of aromatic nitrogens is 2. The Morgan fingerprint density at radius 1 is 0.774 bits per heavy atom. The van der Waals surface area contributed by atoms with Crippen LogP contribution in [0.1, 0.15) is 18.3 Å². The van der Waals surface area contributed by atoms with E-state index in [4.69, 9.17) is 9.97 Å². The number of hydrogen-bond donors (Lipinski definition) is 0. The van der Waals surface area contributed by atoms with E-state index in [0.717, 1.165) is 28.8 Å². The molecule has 1 heterocycles. The van der Waals surface area contributed by atoms with Crippen molar-refractivity contribution in [2.24, 2.45) is 0 Å². The zero-order chi connectivity index (χ0) is 21.8. The van der Waals surface area contributed by atoms with Crippen LogP contribution in [0.25, 0.3) is 43.7 Å². The highest BCUT2D eigenvalue weighted by atomic mass is 28.3. The summed E-state index contributed by atoms with van der Waals surface area (Å²) in [5.74, 6) is 0.900. The first-order valence-electron chi connectivity index (χ1n) is 11.1.